The molecule has 14 rings (SSSR count). The monoisotopic (exact) mass is 956 g/mol. The smallest absolute Gasteiger partial charge is 0.136 e. The zero-order valence-corrected chi connectivity index (χ0v) is 41.0. The van der Waals surface area contributed by atoms with Crippen molar-refractivity contribution in [3.8, 4) is 72.4 Å². The van der Waals surface area contributed by atoms with E-state index in [1.54, 1.807) is 0 Å². The lowest BCUT2D eigenvalue weighted by molar-refractivity contribution is 0.669. The molecule has 0 bridgehead atoms. The quantitative estimate of drug-likeness (QED) is 0.136. The second-order valence-corrected chi connectivity index (χ2v) is 19.3. The molecule has 2 heterocycles. The first-order chi connectivity index (χ1) is 37.2. The van der Waals surface area contributed by atoms with E-state index in [1.165, 1.54) is 49.6 Å². The highest BCUT2D eigenvalue weighted by molar-refractivity contribution is 6.16. The van der Waals surface area contributed by atoms with E-state index in [1.807, 2.05) is 12.1 Å². The number of benzene rings is 12. The van der Waals surface area contributed by atoms with E-state index < -0.39 is 0 Å². The molecule has 14 aromatic rings. The van der Waals surface area contributed by atoms with Crippen molar-refractivity contribution in [2.24, 2.45) is 0 Å². The van der Waals surface area contributed by atoms with Crippen LogP contribution in [0.2, 0.25) is 0 Å². The number of rotatable bonds is 10. The minimum Gasteiger partial charge on any atom is -0.456 e. The highest BCUT2D eigenvalue weighted by Gasteiger charge is 2.20. The number of fused-ring (bicyclic) bond motifs is 6. The number of hydrogen-bond donors (Lipinski definition) is 0. The molecule has 0 N–H and O–H groups in total. The van der Waals surface area contributed by atoms with Crippen LogP contribution in [0.25, 0.3) is 116 Å². The molecule has 0 aliphatic carbocycles. The summed E-state index contributed by atoms with van der Waals surface area (Å²) >= 11 is 0. The van der Waals surface area contributed by atoms with Crippen molar-refractivity contribution in [1.29, 1.82) is 0 Å². The first-order valence-corrected chi connectivity index (χ1v) is 25.6. The predicted octanol–water partition coefficient (Wildman–Crippen LogP) is 20.2. The number of para-hydroxylation sites is 3. The van der Waals surface area contributed by atoms with Gasteiger partial charge in [-0.15, -0.1) is 0 Å². The number of anilines is 3. The minimum atomic E-state index is 0.877. The van der Waals surface area contributed by atoms with Gasteiger partial charge in [0.2, 0.25) is 0 Å². The van der Waals surface area contributed by atoms with Crippen LogP contribution in [0.5, 0.6) is 0 Å². The molecule has 0 fully saturated rings. The van der Waals surface area contributed by atoms with E-state index in [4.69, 9.17) is 4.42 Å². The molecule has 0 aliphatic heterocycles. The van der Waals surface area contributed by atoms with Gasteiger partial charge in [0.25, 0.3) is 0 Å². The summed E-state index contributed by atoms with van der Waals surface area (Å²) in [4.78, 5) is 2.39. The zero-order valence-electron chi connectivity index (χ0n) is 41.0. The average molecular weight is 957 g/mol. The fraction of sp³-hybridized carbons (Fsp3) is 0. The maximum absolute atomic E-state index is 6.49. The van der Waals surface area contributed by atoms with Crippen molar-refractivity contribution < 1.29 is 4.42 Å². The van der Waals surface area contributed by atoms with Crippen molar-refractivity contribution in [2.75, 3.05) is 4.90 Å². The van der Waals surface area contributed by atoms with Crippen molar-refractivity contribution in [3.63, 3.8) is 0 Å². The van der Waals surface area contributed by atoms with Gasteiger partial charge in [-0.2, -0.15) is 0 Å². The van der Waals surface area contributed by atoms with Gasteiger partial charge in [0, 0.05) is 44.3 Å². The molecule has 75 heavy (non-hydrogen) atoms. The van der Waals surface area contributed by atoms with E-state index >= 15 is 0 Å². The lowest BCUT2D eigenvalue weighted by Crippen LogP contribution is -2.10. The molecule has 2 aromatic heterocycles. The van der Waals surface area contributed by atoms with Crippen LogP contribution in [-0.2, 0) is 0 Å². The van der Waals surface area contributed by atoms with Crippen LogP contribution in [0.3, 0.4) is 0 Å². The van der Waals surface area contributed by atoms with E-state index in [2.05, 4.69) is 289 Å². The summed E-state index contributed by atoms with van der Waals surface area (Å²) in [5.74, 6) is 0. The number of aromatic nitrogens is 1. The van der Waals surface area contributed by atoms with Gasteiger partial charge in [0.15, 0.2) is 0 Å². The van der Waals surface area contributed by atoms with Crippen LogP contribution in [0.4, 0.5) is 17.1 Å². The number of hydrogen-bond acceptors (Lipinski definition) is 2. The summed E-state index contributed by atoms with van der Waals surface area (Å²) in [6.45, 7) is 0. The van der Waals surface area contributed by atoms with Crippen LogP contribution in [0.1, 0.15) is 0 Å². The molecule has 0 saturated carbocycles. The molecule has 0 radical (unpaired) electrons. The largest absolute Gasteiger partial charge is 0.456 e. The SMILES string of the molecule is c1ccc(-c2ccc(N(c3ccc(-c4cc(-c5ccc6c(c5)oc5ccccc56)cc(-c5cccc6c5c5ccccc5n6-c5ccccc5)c4)cc3)c3cc(-c4ccccc4)cc(-c4ccccc4)c3)cc2)cc1. The van der Waals surface area contributed by atoms with E-state index in [0.29, 0.717) is 0 Å². The van der Waals surface area contributed by atoms with Crippen molar-refractivity contribution in [2.45, 2.75) is 0 Å². The van der Waals surface area contributed by atoms with Crippen LogP contribution < -0.4 is 4.90 Å². The van der Waals surface area contributed by atoms with Crippen LogP contribution in [0.15, 0.2) is 296 Å². The van der Waals surface area contributed by atoms with Gasteiger partial charge in [-0.3, -0.25) is 0 Å². The summed E-state index contributed by atoms with van der Waals surface area (Å²) in [6, 6.07) is 105. The zero-order chi connectivity index (χ0) is 49.7. The van der Waals surface area contributed by atoms with Crippen molar-refractivity contribution >= 4 is 60.8 Å². The Morgan fingerprint density at radius 2 is 0.693 bits per heavy atom. The predicted molar refractivity (Wildman–Crippen MR) is 315 cm³/mol. The maximum atomic E-state index is 6.49. The molecule has 352 valence electrons. The third kappa shape index (κ3) is 8.04. The molecule has 0 amide bonds. The van der Waals surface area contributed by atoms with E-state index in [9.17, 15) is 0 Å². The fourth-order valence-corrected chi connectivity index (χ4v) is 11.2. The molecule has 12 aromatic carbocycles. The Labute approximate surface area is 436 Å². The standard InChI is InChI=1S/C72H48N2O/c1-5-18-49(19-6-1)52-32-37-61(38-33-52)73(63-46-57(50-20-7-2-8-21-50)43-58(47-63)51-22-9-3-10-23-51)62-39-34-53(35-40-62)55-42-56(54-36-41-66-65-26-14-16-31-70(65)75-71(66)48-54)45-59(44-55)64-28-17-30-69-72(64)67-27-13-15-29-68(67)74(69)60-24-11-4-12-25-60/h1-48H. The summed E-state index contributed by atoms with van der Waals surface area (Å²) < 4.78 is 8.89. The summed E-state index contributed by atoms with van der Waals surface area (Å²) in [5.41, 5.74) is 22.2. The lowest BCUT2D eigenvalue weighted by atomic mass is 9.91. The molecular formula is C72H48N2O. The second-order valence-electron chi connectivity index (χ2n) is 19.3. The molecule has 0 saturated heterocycles. The van der Waals surface area contributed by atoms with Gasteiger partial charge in [-0.05, 0) is 170 Å². The van der Waals surface area contributed by atoms with Crippen LogP contribution in [0, 0.1) is 0 Å². The van der Waals surface area contributed by atoms with Crippen LogP contribution >= 0.6 is 0 Å². The third-order valence-corrected chi connectivity index (χ3v) is 14.7. The first kappa shape index (κ1) is 43.8. The lowest BCUT2D eigenvalue weighted by Gasteiger charge is -2.27. The second kappa shape index (κ2) is 18.6. The van der Waals surface area contributed by atoms with Gasteiger partial charge >= 0.3 is 0 Å². The Hall–Kier alpha value is -9.96. The van der Waals surface area contributed by atoms with Gasteiger partial charge in [0.05, 0.1) is 11.0 Å². The number of nitrogens with zero attached hydrogens (tertiary/aromatic N) is 2. The normalized spacial score (nSPS) is 11.5. The average Bonchev–Trinajstić information content (AvgIpc) is 4.04. The van der Waals surface area contributed by atoms with Gasteiger partial charge in [-0.25, -0.2) is 0 Å². The molecular weight excluding hydrogens is 909 g/mol. The Morgan fingerprint density at radius 3 is 1.32 bits per heavy atom. The summed E-state index contributed by atoms with van der Waals surface area (Å²) in [7, 11) is 0. The molecule has 0 unspecified atom stereocenters. The third-order valence-electron chi connectivity index (χ3n) is 14.7. The molecule has 3 heteroatoms. The Kier molecular flexibility index (Phi) is 10.8. The van der Waals surface area contributed by atoms with Gasteiger partial charge in [-0.1, -0.05) is 188 Å². The van der Waals surface area contributed by atoms with Crippen molar-refractivity contribution in [3.05, 3.63) is 291 Å². The van der Waals surface area contributed by atoms with E-state index in [-0.39, 0.29) is 0 Å². The highest BCUT2D eigenvalue weighted by Crippen LogP contribution is 2.44. The number of furan rings is 1. The topological polar surface area (TPSA) is 21.3 Å². The summed E-state index contributed by atoms with van der Waals surface area (Å²) in [5, 5.41) is 4.68. The molecule has 0 spiro atoms. The molecule has 0 atom stereocenters. The van der Waals surface area contributed by atoms with E-state index in [0.717, 1.165) is 83.6 Å². The fourth-order valence-electron chi connectivity index (χ4n) is 11.2. The Balaban J connectivity index is 0.943. The molecule has 3 nitrogen and oxygen atoms in total. The minimum absolute atomic E-state index is 0.877. The van der Waals surface area contributed by atoms with Gasteiger partial charge in [0.1, 0.15) is 11.2 Å². The summed E-state index contributed by atoms with van der Waals surface area (Å²) in [6.07, 6.45) is 0. The maximum Gasteiger partial charge on any atom is 0.136 e. The van der Waals surface area contributed by atoms with Crippen LogP contribution in [-0.4, -0.2) is 4.57 Å². The van der Waals surface area contributed by atoms with Gasteiger partial charge < -0.3 is 13.9 Å². The molecule has 0 aliphatic rings. The Morgan fingerprint density at radius 1 is 0.253 bits per heavy atom. The first-order valence-electron chi connectivity index (χ1n) is 25.6. The highest BCUT2D eigenvalue weighted by atomic mass is 16.3. The van der Waals surface area contributed by atoms with Crippen molar-refractivity contribution in [1.82, 2.24) is 4.57 Å². The Bertz CT molecular complexity index is 4310.